The molecule has 1 unspecified atom stereocenters. The summed E-state index contributed by atoms with van der Waals surface area (Å²) in [5, 5.41) is 2.99. The summed E-state index contributed by atoms with van der Waals surface area (Å²) in [6.07, 6.45) is 3.28. The molecule has 2 rings (SSSR count). The van der Waals surface area contributed by atoms with Crippen LogP contribution in [0.2, 0.25) is 0 Å². The summed E-state index contributed by atoms with van der Waals surface area (Å²) >= 11 is 0. The lowest BCUT2D eigenvalue weighted by atomic mass is 10.1. The molecule has 110 valence electrons. The van der Waals surface area contributed by atoms with Crippen LogP contribution in [0.1, 0.15) is 35.7 Å². The Bertz CT molecular complexity index is 618. The highest BCUT2D eigenvalue weighted by molar-refractivity contribution is 6.11. The zero-order valence-electron chi connectivity index (χ0n) is 12.4. The van der Waals surface area contributed by atoms with E-state index in [9.17, 15) is 4.79 Å². The molecule has 1 aliphatic heterocycles. The fourth-order valence-corrected chi connectivity index (χ4v) is 2.73. The number of benzene rings is 1. The molecule has 4 heteroatoms. The van der Waals surface area contributed by atoms with Crippen molar-refractivity contribution in [1.29, 1.82) is 0 Å². The second-order valence-corrected chi connectivity index (χ2v) is 5.07. The Morgan fingerprint density at radius 3 is 2.81 bits per heavy atom. The number of carbonyl (C=O) groups is 1. The molecule has 0 fully saturated rings. The van der Waals surface area contributed by atoms with E-state index in [0.29, 0.717) is 16.9 Å². The summed E-state index contributed by atoms with van der Waals surface area (Å²) in [6.45, 7) is 13.8. The van der Waals surface area contributed by atoms with E-state index in [1.807, 2.05) is 0 Å². The van der Waals surface area contributed by atoms with Gasteiger partial charge in [-0.15, -0.1) is 0 Å². The fraction of sp³-hybridized carbons (Fsp3) is 0.235. The number of nitrogens with two attached hydrogens (primary N) is 1. The first-order chi connectivity index (χ1) is 10.0. The summed E-state index contributed by atoms with van der Waals surface area (Å²) in [5.41, 5.74) is 9.28. The number of nitrogens with one attached hydrogen (secondary N) is 1. The van der Waals surface area contributed by atoms with Crippen molar-refractivity contribution < 1.29 is 4.79 Å². The zero-order chi connectivity index (χ0) is 15.6. The molecule has 1 aromatic carbocycles. The summed E-state index contributed by atoms with van der Waals surface area (Å²) in [6, 6.07) is 5.19. The van der Waals surface area contributed by atoms with Gasteiger partial charge in [0.15, 0.2) is 0 Å². The number of nitrogen functional groups attached to an aromatic ring is 1. The molecule has 0 spiro atoms. The maximum absolute atomic E-state index is 12.7. The van der Waals surface area contributed by atoms with Crippen molar-refractivity contribution in [2.24, 2.45) is 0 Å². The Labute approximate surface area is 125 Å². The minimum absolute atomic E-state index is 0.0761. The summed E-state index contributed by atoms with van der Waals surface area (Å²) in [5.74, 6) is -0.0761. The molecule has 1 heterocycles. The number of nitrogens with zero attached hydrogens (tertiary/aromatic N) is 1. The average Bonchev–Trinajstić information content (AvgIpc) is 2.70. The van der Waals surface area contributed by atoms with Gasteiger partial charge < -0.3 is 11.1 Å². The van der Waals surface area contributed by atoms with Gasteiger partial charge in [-0.3, -0.25) is 9.69 Å². The predicted octanol–water partition coefficient (Wildman–Crippen LogP) is 3.11. The van der Waals surface area contributed by atoms with Gasteiger partial charge >= 0.3 is 0 Å². The summed E-state index contributed by atoms with van der Waals surface area (Å²) in [7, 11) is 0. The van der Waals surface area contributed by atoms with Gasteiger partial charge in [-0.05, 0) is 24.8 Å². The molecule has 1 aliphatic rings. The van der Waals surface area contributed by atoms with Crippen LogP contribution in [0.15, 0.2) is 49.8 Å². The Hall–Kier alpha value is -2.49. The van der Waals surface area contributed by atoms with E-state index in [4.69, 9.17) is 5.73 Å². The summed E-state index contributed by atoms with van der Waals surface area (Å²) in [4.78, 5) is 14.4. The first-order valence-corrected chi connectivity index (χ1v) is 7.00. The lowest BCUT2D eigenvalue weighted by Crippen LogP contribution is -2.38. The SMILES string of the molecule is C=CNC(=C)C(CCC)N1C(=C)c2c(N)cccc2C1=O. The average molecular weight is 283 g/mol. The lowest BCUT2D eigenvalue weighted by Gasteiger charge is -2.30. The highest BCUT2D eigenvalue weighted by atomic mass is 16.2. The molecule has 1 amide bonds. The van der Waals surface area contributed by atoms with Crippen LogP contribution < -0.4 is 11.1 Å². The molecule has 0 saturated carbocycles. The second-order valence-electron chi connectivity index (χ2n) is 5.07. The molecule has 3 N–H and O–H groups in total. The van der Waals surface area contributed by atoms with Crippen LogP contribution in [0.3, 0.4) is 0 Å². The minimum Gasteiger partial charge on any atom is -0.398 e. The standard InChI is InChI=1S/C17H21N3O/c1-5-8-15(11(3)19-6-2)20-12(4)16-13(17(20)21)9-7-10-14(16)18/h6-7,9-10,15,19H,2-5,8,18H2,1H3. The third-order valence-electron chi connectivity index (χ3n) is 3.69. The first kappa shape index (κ1) is 14.9. The van der Waals surface area contributed by atoms with Gasteiger partial charge in [0.05, 0.1) is 11.6 Å². The molecule has 1 atom stereocenters. The molecular formula is C17H21N3O. The Morgan fingerprint density at radius 2 is 2.24 bits per heavy atom. The van der Waals surface area contributed by atoms with Crippen LogP contribution in [0.5, 0.6) is 0 Å². The predicted molar refractivity (Wildman–Crippen MR) is 87.2 cm³/mol. The van der Waals surface area contributed by atoms with Gasteiger partial charge in [0.1, 0.15) is 0 Å². The molecule has 0 aromatic heterocycles. The van der Waals surface area contributed by atoms with Gasteiger partial charge in [0.25, 0.3) is 5.91 Å². The highest BCUT2D eigenvalue weighted by Gasteiger charge is 2.37. The van der Waals surface area contributed by atoms with Crippen LogP contribution in [0.4, 0.5) is 5.69 Å². The van der Waals surface area contributed by atoms with E-state index in [2.05, 4.69) is 32.0 Å². The third kappa shape index (κ3) is 2.44. The quantitative estimate of drug-likeness (QED) is 0.789. The molecule has 0 bridgehead atoms. The Kier molecular flexibility index (Phi) is 4.17. The van der Waals surface area contributed by atoms with Crippen molar-refractivity contribution >= 4 is 17.3 Å². The molecule has 4 nitrogen and oxygen atoms in total. The van der Waals surface area contributed by atoms with Crippen molar-refractivity contribution in [3.8, 4) is 0 Å². The van der Waals surface area contributed by atoms with Crippen molar-refractivity contribution in [2.75, 3.05) is 5.73 Å². The van der Waals surface area contributed by atoms with Gasteiger partial charge in [-0.25, -0.2) is 0 Å². The van der Waals surface area contributed by atoms with E-state index in [0.717, 1.165) is 24.1 Å². The maximum Gasteiger partial charge on any atom is 0.259 e. The van der Waals surface area contributed by atoms with Crippen molar-refractivity contribution in [3.05, 3.63) is 61.0 Å². The Morgan fingerprint density at radius 1 is 1.52 bits per heavy atom. The number of amides is 1. The van der Waals surface area contributed by atoms with Crippen LogP contribution in [0, 0.1) is 0 Å². The number of anilines is 1. The largest absolute Gasteiger partial charge is 0.398 e. The zero-order valence-corrected chi connectivity index (χ0v) is 12.4. The van der Waals surface area contributed by atoms with E-state index in [1.54, 1.807) is 29.3 Å². The molecule has 0 saturated heterocycles. The van der Waals surface area contributed by atoms with Crippen LogP contribution in [0.25, 0.3) is 5.70 Å². The Balaban J connectivity index is 2.43. The van der Waals surface area contributed by atoms with Crippen molar-refractivity contribution in [3.63, 3.8) is 0 Å². The number of carbonyl (C=O) groups excluding carboxylic acids is 1. The second kappa shape index (κ2) is 5.87. The monoisotopic (exact) mass is 283 g/mol. The van der Waals surface area contributed by atoms with E-state index in [1.165, 1.54) is 0 Å². The highest BCUT2D eigenvalue weighted by Crippen LogP contribution is 2.38. The van der Waals surface area contributed by atoms with Gasteiger partial charge in [-0.2, -0.15) is 0 Å². The number of hydrogen-bond donors (Lipinski definition) is 2. The van der Waals surface area contributed by atoms with E-state index >= 15 is 0 Å². The first-order valence-electron chi connectivity index (χ1n) is 7.00. The smallest absolute Gasteiger partial charge is 0.259 e. The topological polar surface area (TPSA) is 58.4 Å². The van der Waals surface area contributed by atoms with Crippen LogP contribution >= 0.6 is 0 Å². The van der Waals surface area contributed by atoms with Gasteiger partial charge in [-0.1, -0.05) is 39.1 Å². The van der Waals surface area contributed by atoms with Gasteiger partial charge in [0.2, 0.25) is 0 Å². The summed E-state index contributed by atoms with van der Waals surface area (Å²) < 4.78 is 0. The van der Waals surface area contributed by atoms with Crippen molar-refractivity contribution in [2.45, 2.75) is 25.8 Å². The minimum atomic E-state index is -0.167. The van der Waals surface area contributed by atoms with E-state index in [-0.39, 0.29) is 11.9 Å². The fourth-order valence-electron chi connectivity index (χ4n) is 2.73. The number of hydrogen-bond acceptors (Lipinski definition) is 3. The lowest BCUT2D eigenvalue weighted by molar-refractivity contribution is 0.0813. The molecule has 1 aromatic rings. The van der Waals surface area contributed by atoms with Gasteiger partial charge in [0, 0.05) is 22.6 Å². The molecule has 21 heavy (non-hydrogen) atoms. The number of rotatable bonds is 6. The number of fused-ring (bicyclic) bond motifs is 1. The molecular weight excluding hydrogens is 262 g/mol. The van der Waals surface area contributed by atoms with Crippen molar-refractivity contribution in [1.82, 2.24) is 10.2 Å². The molecule has 0 radical (unpaired) electrons. The van der Waals surface area contributed by atoms with Crippen LogP contribution in [-0.2, 0) is 0 Å². The maximum atomic E-state index is 12.7. The van der Waals surface area contributed by atoms with E-state index < -0.39 is 0 Å². The molecule has 0 aliphatic carbocycles. The normalized spacial score (nSPS) is 14.8. The third-order valence-corrected chi connectivity index (χ3v) is 3.69. The van der Waals surface area contributed by atoms with Crippen LogP contribution in [-0.4, -0.2) is 16.8 Å².